The van der Waals surface area contributed by atoms with Gasteiger partial charge in [-0.25, -0.2) is 4.79 Å². The number of hydrogen-bond donors (Lipinski definition) is 2. The van der Waals surface area contributed by atoms with Gasteiger partial charge in [-0.2, -0.15) is 0 Å². The van der Waals surface area contributed by atoms with Crippen LogP contribution in [0.25, 0.3) is 5.57 Å². The van der Waals surface area contributed by atoms with Crippen LogP contribution in [0.3, 0.4) is 0 Å². The molecule has 142 valence electrons. The van der Waals surface area contributed by atoms with Crippen LogP contribution in [0.1, 0.15) is 30.6 Å². The van der Waals surface area contributed by atoms with E-state index in [0.717, 1.165) is 23.3 Å². The summed E-state index contributed by atoms with van der Waals surface area (Å²) < 4.78 is 5.43. The second kappa shape index (κ2) is 9.07. The molecule has 0 spiro atoms. The van der Waals surface area contributed by atoms with E-state index in [1.54, 1.807) is 11.2 Å². The van der Waals surface area contributed by atoms with Crippen LogP contribution in [-0.2, 0) is 11.2 Å². The summed E-state index contributed by atoms with van der Waals surface area (Å²) in [6.07, 6.45) is 5.50. The summed E-state index contributed by atoms with van der Waals surface area (Å²) in [5.41, 5.74) is 2.06. The van der Waals surface area contributed by atoms with Crippen molar-refractivity contribution < 1.29 is 19.1 Å². The van der Waals surface area contributed by atoms with E-state index in [0.29, 0.717) is 25.9 Å². The topological polar surface area (TPSA) is 82.8 Å². The van der Waals surface area contributed by atoms with Crippen LogP contribution in [-0.4, -0.2) is 41.1 Å². The van der Waals surface area contributed by atoms with Gasteiger partial charge >= 0.3 is 12.0 Å². The fourth-order valence-electron chi connectivity index (χ4n) is 3.24. The number of carboxylic acid groups (broad SMARTS) is 1. The van der Waals surface area contributed by atoms with Crippen molar-refractivity contribution in [2.45, 2.75) is 31.7 Å². The van der Waals surface area contributed by atoms with Gasteiger partial charge in [0.2, 0.25) is 0 Å². The van der Waals surface area contributed by atoms with Gasteiger partial charge in [-0.05, 0) is 37.0 Å². The van der Waals surface area contributed by atoms with Crippen LogP contribution in [0.15, 0.2) is 59.2 Å². The number of carbonyl (C=O) groups is 2. The van der Waals surface area contributed by atoms with Gasteiger partial charge in [0.1, 0.15) is 5.76 Å². The van der Waals surface area contributed by atoms with Crippen molar-refractivity contribution in [1.82, 2.24) is 10.2 Å². The lowest BCUT2D eigenvalue weighted by atomic mass is 10.0. The van der Waals surface area contributed by atoms with Crippen molar-refractivity contribution in [3.05, 3.63) is 66.1 Å². The zero-order valence-electron chi connectivity index (χ0n) is 15.1. The van der Waals surface area contributed by atoms with Crippen molar-refractivity contribution >= 4 is 17.6 Å². The van der Waals surface area contributed by atoms with E-state index in [1.807, 2.05) is 42.5 Å². The van der Waals surface area contributed by atoms with Crippen molar-refractivity contribution in [2.75, 3.05) is 13.1 Å². The van der Waals surface area contributed by atoms with E-state index in [9.17, 15) is 9.59 Å². The van der Waals surface area contributed by atoms with Gasteiger partial charge in [-0.15, -0.1) is 0 Å². The largest absolute Gasteiger partial charge is 0.481 e. The second-order valence-electron chi connectivity index (χ2n) is 6.69. The number of nitrogens with zero attached hydrogens (tertiary/aromatic N) is 1. The Morgan fingerprint density at radius 1 is 1.19 bits per heavy atom. The number of hydrogen-bond acceptors (Lipinski definition) is 3. The zero-order valence-corrected chi connectivity index (χ0v) is 15.1. The van der Waals surface area contributed by atoms with Crippen LogP contribution in [0, 0.1) is 0 Å². The third-order valence-electron chi connectivity index (χ3n) is 4.64. The highest BCUT2D eigenvalue weighted by molar-refractivity contribution is 5.78. The van der Waals surface area contributed by atoms with Crippen LogP contribution in [0.5, 0.6) is 0 Å². The van der Waals surface area contributed by atoms with E-state index in [1.165, 1.54) is 0 Å². The summed E-state index contributed by atoms with van der Waals surface area (Å²) in [4.78, 5) is 25.5. The van der Waals surface area contributed by atoms with E-state index in [-0.39, 0.29) is 18.5 Å². The molecule has 2 N–H and O–H groups in total. The molecule has 0 saturated heterocycles. The molecule has 27 heavy (non-hydrogen) atoms. The van der Waals surface area contributed by atoms with E-state index in [2.05, 4.69) is 11.4 Å². The molecule has 0 radical (unpaired) electrons. The minimum absolute atomic E-state index is 0.0231. The smallest absolute Gasteiger partial charge is 0.317 e. The number of nitrogens with one attached hydrogen (secondary N) is 1. The lowest BCUT2D eigenvalue weighted by molar-refractivity contribution is -0.137. The van der Waals surface area contributed by atoms with Gasteiger partial charge in [0, 0.05) is 24.6 Å². The number of furan rings is 1. The van der Waals surface area contributed by atoms with Gasteiger partial charge in [0.05, 0.1) is 12.8 Å². The first-order valence-electron chi connectivity index (χ1n) is 9.16. The predicted molar refractivity (Wildman–Crippen MR) is 102 cm³/mol. The van der Waals surface area contributed by atoms with Crippen LogP contribution in [0.4, 0.5) is 4.79 Å². The SMILES string of the molecule is O=C(O)CCC(Cc1ccccc1)NC(=O)N1CCC=C(c2ccco2)C1. The molecule has 0 aliphatic carbocycles. The number of rotatable bonds is 7. The molecule has 0 saturated carbocycles. The number of carboxylic acids is 1. The third kappa shape index (κ3) is 5.48. The highest BCUT2D eigenvalue weighted by atomic mass is 16.4. The van der Waals surface area contributed by atoms with Gasteiger partial charge < -0.3 is 19.7 Å². The summed E-state index contributed by atoms with van der Waals surface area (Å²) in [5, 5.41) is 12.0. The zero-order chi connectivity index (χ0) is 19.1. The predicted octanol–water partition coefficient (Wildman–Crippen LogP) is 3.55. The Kier molecular flexibility index (Phi) is 6.30. The lowest BCUT2D eigenvalue weighted by Crippen LogP contribution is -2.47. The number of aliphatic carboxylic acids is 1. The molecule has 1 aromatic carbocycles. The molecular weight excluding hydrogens is 344 g/mol. The first-order valence-corrected chi connectivity index (χ1v) is 9.16. The summed E-state index contributed by atoms with van der Waals surface area (Å²) in [6.45, 7) is 1.11. The molecule has 1 aromatic heterocycles. The fourth-order valence-corrected chi connectivity index (χ4v) is 3.24. The summed E-state index contributed by atoms with van der Waals surface area (Å²) in [7, 11) is 0. The number of urea groups is 1. The van der Waals surface area contributed by atoms with Gasteiger partial charge in [0.25, 0.3) is 0 Å². The van der Waals surface area contributed by atoms with Crippen molar-refractivity contribution in [1.29, 1.82) is 0 Å². The normalized spacial score (nSPS) is 15.1. The first kappa shape index (κ1) is 18.8. The van der Waals surface area contributed by atoms with Gasteiger partial charge in [-0.3, -0.25) is 4.79 Å². The number of benzene rings is 1. The van der Waals surface area contributed by atoms with Gasteiger partial charge in [-0.1, -0.05) is 36.4 Å². The molecule has 6 nitrogen and oxygen atoms in total. The summed E-state index contributed by atoms with van der Waals surface area (Å²) in [5.74, 6) is -0.0810. The minimum atomic E-state index is -0.858. The van der Waals surface area contributed by atoms with E-state index >= 15 is 0 Å². The highest BCUT2D eigenvalue weighted by Gasteiger charge is 2.23. The maximum atomic E-state index is 12.8. The average molecular weight is 368 g/mol. The second-order valence-corrected chi connectivity index (χ2v) is 6.69. The Labute approximate surface area is 158 Å². The Balaban J connectivity index is 1.62. The van der Waals surface area contributed by atoms with E-state index in [4.69, 9.17) is 9.52 Å². The molecule has 1 atom stereocenters. The number of amides is 2. The molecule has 2 amide bonds. The molecule has 2 aromatic rings. The highest BCUT2D eigenvalue weighted by Crippen LogP contribution is 2.21. The van der Waals surface area contributed by atoms with E-state index < -0.39 is 5.97 Å². The van der Waals surface area contributed by atoms with Crippen molar-refractivity contribution in [3.8, 4) is 0 Å². The molecule has 0 bridgehead atoms. The van der Waals surface area contributed by atoms with Crippen LogP contribution >= 0.6 is 0 Å². The third-order valence-corrected chi connectivity index (χ3v) is 4.64. The molecular formula is C21H24N2O4. The fraction of sp³-hybridized carbons (Fsp3) is 0.333. The summed E-state index contributed by atoms with van der Waals surface area (Å²) in [6, 6.07) is 13.1. The van der Waals surface area contributed by atoms with Crippen LogP contribution in [0.2, 0.25) is 0 Å². The van der Waals surface area contributed by atoms with Crippen molar-refractivity contribution in [3.63, 3.8) is 0 Å². The molecule has 1 aliphatic rings. The molecule has 0 fully saturated rings. The average Bonchev–Trinajstić information content (AvgIpc) is 3.22. The first-order chi connectivity index (χ1) is 13.1. The monoisotopic (exact) mass is 368 g/mol. The molecule has 1 aliphatic heterocycles. The van der Waals surface area contributed by atoms with Crippen molar-refractivity contribution in [2.24, 2.45) is 0 Å². The van der Waals surface area contributed by atoms with Crippen LogP contribution < -0.4 is 5.32 Å². The Hall–Kier alpha value is -3.02. The quantitative estimate of drug-likeness (QED) is 0.783. The number of carbonyl (C=O) groups excluding carboxylic acids is 1. The Morgan fingerprint density at radius 3 is 2.70 bits per heavy atom. The lowest BCUT2D eigenvalue weighted by Gasteiger charge is -2.29. The minimum Gasteiger partial charge on any atom is -0.481 e. The molecule has 6 heteroatoms. The molecule has 3 rings (SSSR count). The molecule has 1 unspecified atom stereocenters. The Bertz CT molecular complexity index is 784. The maximum Gasteiger partial charge on any atom is 0.317 e. The Morgan fingerprint density at radius 2 is 2.00 bits per heavy atom. The maximum absolute atomic E-state index is 12.8. The summed E-state index contributed by atoms with van der Waals surface area (Å²) >= 11 is 0. The standard InChI is InChI=1S/C21H24N2O4/c24-20(25)11-10-18(14-16-6-2-1-3-7-16)22-21(26)23-12-4-8-17(15-23)19-9-5-13-27-19/h1-3,5-9,13,18H,4,10-12,14-15H2,(H,22,26)(H,24,25). The molecule has 2 heterocycles. The van der Waals surface area contributed by atoms with Gasteiger partial charge in [0.15, 0.2) is 0 Å².